The standard InChI is InChI=1S/C15H17N4O5/c1-2-18-7-8-19(12(22)11(18)21)14(24)15(17,13(16)23)9-3-5-10(20)6-4-9/h3-6,16,20H,2,7-8,17H2,1H3. The zero-order valence-corrected chi connectivity index (χ0v) is 13.0. The van der Waals surface area contributed by atoms with E-state index in [-0.39, 0.29) is 24.4 Å². The summed E-state index contributed by atoms with van der Waals surface area (Å²) in [6.45, 7) is 2.03. The van der Waals surface area contributed by atoms with E-state index in [1.54, 1.807) is 6.92 Å². The molecular weight excluding hydrogens is 316 g/mol. The van der Waals surface area contributed by atoms with Gasteiger partial charge in [-0.3, -0.25) is 29.8 Å². The summed E-state index contributed by atoms with van der Waals surface area (Å²) < 4.78 is 0. The average molecular weight is 333 g/mol. The van der Waals surface area contributed by atoms with Gasteiger partial charge in [0, 0.05) is 19.6 Å². The van der Waals surface area contributed by atoms with E-state index in [0.29, 0.717) is 11.4 Å². The third-order valence-electron chi connectivity index (χ3n) is 3.95. The highest BCUT2D eigenvalue weighted by Crippen LogP contribution is 2.24. The van der Waals surface area contributed by atoms with Gasteiger partial charge in [-0.25, -0.2) is 0 Å². The summed E-state index contributed by atoms with van der Waals surface area (Å²) in [6.07, 6.45) is 0. The fraction of sp³-hybridized carbons (Fsp3) is 0.333. The van der Waals surface area contributed by atoms with E-state index < -0.39 is 29.2 Å². The lowest BCUT2D eigenvalue weighted by molar-refractivity contribution is -0.163. The van der Waals surface area contributed by atoms with Crippen LogP contribution >= 0.6 is 0 Å². The van der Waals surface area contributed by atoms with Gasteiger partial charge in [-0.05, 0) is 24.6 Å². The topological polar surface area (TPSA) is 145 Å². The highest BCUT2D eigenvalue weighted by molar-refractivity contribution is 6.39. The van der Waals surface area contributed by atoms with Crippen LogP contribution in [-0.2, 0) is 24.7 Å². The van der Waals surface area contributed by atoms with Crippen LogP contribution in [0.1, 0.15) is 12.5 Å². The number of benzene rings is 1. The Labute approximate surface area is 137 Å². The van der Waals surface area contributed by atoms with Crippen LogP contribution in [0.2, 0.25) is 0 Å². The summed E-state index contributed by atoms with van der Waals surface area (Å²) in [5, 5.41) is 9.31. The number of carbonyl (C=O) groups is 4. The van der Waals surface area contributed by atoms with E-state index in [1.165, 1.54) is 29.2 Å². The number of imide groups is 1. The van der Waals surface area contributed by atoms with Crippen molar-refractivity contribution in [1.82, 2.24) is 15.5 Å². The minimum atomic E-state index is -2.43. The minimum absolute atomic E-state index is 0.0523. The van der Waals surface area contributed by atoms with Crippen molar-refractivity contribution in [2.45, 2.75) is 12.5 Å². The number of carbonyl (C=O) groups excluding carboxylic acids is 4. The first-order valence-corrected chi connectivity index (χ1v) is 7.23. The van der Waals surface area contributed by atoms with Crippen molar-refractivity contribution in [2.24, 2.45) is 5.73 Å². The molecule has 1 aliphatic heterocycles. The highest BCUT2D eigenvalue weighted by atomic mass is 16.3. The molecule has 127 valence electrons. The highest BCUT2D eigenvalue weighted by Gasteiger charge is 2.49. The van der Waals surface area contributed by atoms with E-state index in [0.717, 1.165) is 0 Å². The molecule has 1 unspecified atom stereocenters. The molecule has 1 fully saturated rings. The first-order valence-electron chi connectivity index (χ1n) is 7.23. The molecule has 9 heteroatoms. The third kappa shape index (κ3) is 2.69. The van der Waals surface area contributed by atoms with E-state index in [9.17, 15) is 24.3 Å². The fourth-order valence-electron chi connectivity index (χ4n) is 2.46. The second-order valence-electron chi connectivity index (χ2n) is 5.33. The predicted octanol–water partition coefficient (Wildman–Crippen LogP) is -1.43. The number of nitrogens with two attached hydrogens (primary N) is 1. The number of amides is 4. The summed E-state index contributed by atoms with van der Waals surface area (Å²) in [6, 6.07) is 4.84. The molecule has 1 heterocycles. The first kappa shape index (κ1) is 17.4. The van der Waals surface area contributed by atoms with Crippen LogP contribution in [0.3, 0.4) is 0 Å². The molecule has 1 saturated heterocycles. The molecule has 0 aromatic heterocycles. The Balaban J connectivity index is 2.40. The van der Waals surface area contributed by atoms with Gasteiger partial charge in [0.15, 0.2) is 0 Å². The van der Waals surface area contributed by atoms with Gasteiger partial charge in [-0.15, -0.1) is 0 Å². The van der Waals surface area contributed by atoms with Crippen LogP contribution in [0, 0.1) is 0 Å². The molecule has 1 aliphatic rings. The lowest BCUT2D eigenvalue weighted by atomic mass is 9.88. The van der Waals surface area contributed by atoms with Crippen LogP contribution in [-0.4, -0.2) is 58.2 Å². The van der Waals surface area contributed by atoms with E-state index in [4.69, 9.17) is 11.5 Å². The molecule has 1 aromatic rings. The van der Waals surface area contributed by atoms with Gasteiger partial charge in [0.2, 0.25) is 5.54 Å². The average Bonchev–Trinajstić information content (AvgIpc) is 2.56. The molecule has 1 atom stereocenters. The van der Waals surface area contributed by atoms with Gasteiger partial charge >= 0.3 is 11.8 Å². The number of hydrogen-bond acceptors (Lipinski definition) is 6. The Morgan fingerprint density at radius 2 is 1.79 bits per heavy atom. The van der Waals surface area contributed by atoms with Crippen molar-refractivity contribution in [1.29, 1.82) is 0 Å². The number of phenols is 1. The van der Waals surface area contributed by atoms with Gasteiger partial charge in [-0.2, -0.15) is 0 Å². The maximum atomic E-state index is 12.7. The number of nitrogens with one attached hydrogen (secondary N) is 1. The zero-order chi connectivity index (χ0) is 18.1. The molecule has 0 saturated carbocycles. The van der Waals surface area contributed by atoms with Gasteiger partial charge in [0.25, 0.3) is 11.8 Å². The number of likely N-dealkylation sites (N-methyl/N-ethyl adjacent to an activating group) is 1. The lowest BCUT2D eigenvalue weighted by Crippen LogP contribution is -2.64. The lowest BCUT2D eigenvalue weighted by Gasteiger charge is -2.36. The molecule has 9 nitrogen and oxygen atoms in total. The summed E-state index contributed by atoms with van der Waals surface area (Å²) in [7, 11) is 0. The van der Waals surface area contributed by atoms with Crippen LogP contribution < -0.4 is 11.5 Å². The van der Waals surface area contributed by atoms with E-state index in [2.05, 4.69) is 0 Å². The van der Waals surface area contributed by atoms with Gasteiger partial charge in [0.1, 0.15) is 5.75 Å². The largest absolute Gasteiger partial charge is 0.508 e. The van der Waals surface area contributed by atoms with Gasteiger partial charge in [-0.1, -0.05) is 12.1 Å². The van der Waals surface area contributed by atoms with E-state index in [1.807, 2.05) is 0 Å². The number of hydrogen-bond donors (Lipinski definition) is 2. The Hall–Kier alpha value is -2.94. The van der Waals surface area contributed by atoms with Gasteiger partial charge in [0.05, 0.1) is 0 Å². The van der Waals surface area contributed by atoms with Crippen molar-refractivity contribution in [3.8, 4) is 5.75 Å². The maximum absolute atomic E-state index is 12.7. The first-order chi connectivity index (χ1) is 11.2. The summed E-state index contributed by atoms with van der Waals surface area (Å²) >= 11 is 0. The molecular formula is C15H17N4O5. The number of piperazine rings is 1. The molecule has 4 amide bonds. The Bertz CT molecular complexity index is 702. The number of aromatic hydroxyl groups is 1. The fourth-order valence-corrected chi connectivity index (χ4v) is 2.46. The molecule has 4 N–H and O–H groups in total. The van der Waals surface area contributed by atoms with Crippen molar-refractivity contribution in [3.63, 3.8) is 0 Å². The number of phenolic OH excluding ortho intramolecular Hbond substituents is 1. The second-order valence-corrected chi connectivity index (χ2v) is 5.33. The summed E-state index contributed by atoms with van der Waals surface area (Å²) in [4.78, 5) is 50.4. The third-order valence-corrected chi connectivity index (χ3v) is 3.95. The quantitative estimate of drug-likeness (QED) is 0.510. The molecule has 0 spiro atoms. The smallest absolute Gasteiger partial charge is 0.318 e. The van der Waals surface area contributed by atoms with Crippen LogP contribution in [0.25, 0.3) is 0 Å². The molecule has 1 radical (unpaired) electrons. The number of rotatable bonds is 4. The summed E-state index contributed by atoms with van der Waals surface area (Å²) in [5.41, 5.74) is 10.8. The number of nitrogens with zero attached hydrogens (tertiary/aromatic N) is 2. The normalized spacial score (nSPS) is 17.6. The monoisotopic (exact) mass is 333 g/mol. The van der Waals surface area contributed by atoms with Crippen molar-refractivity contribution in [2.75, 3.05) is 19.6 Å². The van der Waals surface area contributed by atoms with Crippen LogP contribution in [0.4, 0.5) is 0 Å². The Morgan fingerprint density at radius 3 is 2.29 bits per heavy atom. The molecule has 0 aliphatic carbocycles. The van der Waals surface area contributed by atoms with Crippen molar-refractivity contribution >= 4 is 23.6 Å². The van der Waals surface area contributed by atoms with Crippen LogP contribution in [0.5, 0.6) is 5.75 Å². The second kappa shape index (κ2) is 6.28. The molecule has 2 rings (SSSR count). The molecule has 0 bridgehead atoms. The Kier molecular flexibility index (Phi) is 4.56. The van der Waals surface area contributed by atoms with Crippen molar-refractivity contribution in [3.05, 3.63) is 29.8 Å². The SMILES string of the molecule is CCN1CCN(C(=O)C(N)(C([NH])=O)c2ccc(O)cc2)C(=O)C1=O. The van der Waals surface area contributed by atoms with Crippen LogP contribution in [0.15, 0.2) is 24.3 Å². The van der Waals surface area contributed by atoms with Crippen molar-refractivity contribution < 1.29 is 24.3 Å². The zero-order valence-electron chi connectivity index (χ0n) is 13.0. The molecule has 1 aromatic carbocycles. The van der Waals surface area contributed by atoms with Gasteiger partial charge < -0.3 is 15.7 Å². The summed E-state index contributed by atoms with van der Waals surface area (Å²) in [5.74, 6) is -4.61. The predicted molar refractivity (Wildman–Crippen MR) is 81.0 cm³/mol. The minimum Gasteiger partial charge on any atom is -0.508 e. The maximum Gasteiger partial charge on any atom is 0.318 e. The van der Waals surface area contributed by atoms with E-state index >= 15 is 0 Å². The Morgan fingerprint density at radius 1 is 1.21 bits per heavy atom. The molecule has 24 heavy (non-hydrogen) atoms.